The smallest absolute Gasteiger partial charge is 0.353 e. The van der Waals surface area contributed by atoms with Crippen LogP contribution in [0, 0.1) is 11.7 Å². The normalized spacial score (nSPS) is 19.5. The van der Waals surface area contributed by atoms with Gasteiger partial charge in [0, 0.05) is 17.5 Å². The fraction of sp³-hybridized carbons (Fsp3) is 0.333. The number of Topliss-reactive ketones (excluding diaryl/α,β-unsaturated/α-hetero) is 1. The van der Waals surface area contributed by atoms with Crippen molar-refractivity contribution >= 4 is 35.0 Å². The highest BCUT2D eigenvalue weighted by Crippen LogP contribution is 2.37. The zero-order valence-corrected chi connectivity index (χ0v) is 13.3. The highest BCUT2D eigenvalue weighted by Gasteiger charge is 2.44. The molecule has 0 radical (unpaired) electrons. The summed E-state index contributed by atoms with van der Waals surface area (Å²) in [6, 6.07) is 2.00. The summed E-state index contributed by atoms with van der Waals surface area (Å²) in [5.74, 6) is -1.94. The van der Waals surface area contributed by atoms with Gasteiger partial charge in [0.25, 0.3) is 0 Å². The first kappa shape index (κ1) is 16.8. The standard InChI is InChI=1S/C15H14Cl2FNO3/c1-3-22-15(21)7(2)19-13-5-9(13)14(20)8-4-12(18)11(17)6-10(8)16/h4,6,9,13,19H,2-3,5H2,1H3. The van der Waals surface area contributed by atoms with E-state index in [1.165, 1.54) is 6.07 Å². The van der Waals surface area contributed by atoms with Gasteiger partial charge < -0.3 is 10.1 Å². The van der Waals surface area contributed by atoms with Crippen molar-refractivity contribution in [3.05, 3.63) is 45.8 Å². The van der Waals surface area contributed by atoms with E-state index in [0.29, 0.717) is 6.42 Å². The Morgan fingerprint density at radius 2 is 2.09 bits per heavy atom. The summed E-state index contributed by atoms with van der Waals surface area (Å²) in [6.07, 6.45) is 0.512. The molecule has 2 rings (SSSR count). The zero-order valence-electron chi connectivity index (χ0n) is 11.8. The Morgan fingerprint density at radius 3 is 2.73 bits per heavy atom. The van der Waals surface area contributed by atoms with Gasteiger partial charge in [0.05, 0.1) is 16.7 Å². The molecule has 1 aromatic rings. The molecule has 7 heteroatoms. The van der Waals surface area contributed by atoms with Gasteiger partial charge in [-0.25, -0.2) is 9.18 Å². The van der Waals surface area contributed by atoms with Crippen LogP contribution in [0.5, 0.6) is 0 Å². The molecular formula is C15H14Cl2FNO3. The third kappa shape index (κ3) is 3.59. The molecule has 0 aliphatic heterocycles. The minimum absolute atomic E-state index is 0.0830. The third-order valence-electron chi connectivity index (χ3n) is 3.28. The van der Waals surface area contributed by atoms with Crippen molar-refractivity contribution in [3.8, 4) is 0 Å². The van der Waals surface area contributed by atoms with Gasteiger partial charge in [-0.15, -0.1) is 0 Å². The quantitative estimate of drug-likeness (QED) is 0.371. The summed E-state index contributed by atoms with van der Waals surface area (Å²) >= 11 is 11.5. The molecule has 1 fully saturated rings. The predicted molar refractivity (Wildman–Crippen MR) is 81.6 cm³/mol. The van der Waals surface area contributed by atoms with Crippen LogP contribution in [0.15, 0.2) is 24.4 Å². The average molecular weight is 346 g/mol. The molecule has 2 atom stereocenters. The highest BCUT2D eigenvalue weighted by molar-refractivity contribution is 6.37. The first-order chi connectivity index (χ1) is 10.3. The SMILES string of the molecule is C=C(NC1CC1C(=O)c1cc(F)c(Cl)cc1Cl)C(=O)OCC. The molecule has 0 bridgehead atoms. The molecule has 0 spiro atoms. The van der Waals surface area contributed by atoms with Gasteiger partial charge in [-0.1, -0.05) is 29.8 Å². The number of ketones is 1. The van der Waals surface area contributed by atoms with Crippen molar-refractivity contribution in [2.75, 3.05) is 6.61 Å². The number of benzene rings is 1. The summed E-state index contributed by atoms with van der Waals surface area (Å²) in [7, 11) is 0. The summed E-state index contributed by atoms with van der Waals surface area (Å²) in [6.45, 7) is 5.49. The molecule has 1 aliphatic rings. The number of carbonyl (C=O) groups excluding carboxylic acids is 2. The fourth-order valence-corrected chi connectivity index (χ4v) is 2.53. The fourth-order valence-electron chi connectivity index (χ4n) is 2.06. The lowest BCUT2D eigenvalue weighted by Gasteiger charge is -2.08. The van der Waals surface area contributed by atoms with E-state index in [2.05, 4.69) is 11.9 Å². The molecule has 0 amide bonds. The monoisotopic (exact) mass is 345 g/mol. The second-order valence-electron chi connectivity index (χ2n) is 4.90. The van der Waals surface area contributed by atoms with E-state index in [-0.39, 0.29) is 45.7 Å². The molecular weight excluding hydrogens is 332 g/mol. The maximum absolute atomic E-state index is 13.5. The number of ether oxygens (including phenoxy) is 1. The van der Waals surface area contributed by atoms with Crippen molar-refractivity contribution in [2.45, 2.75) is 19.4 Å². The van der Waals surface area contributed by atoms with Gasteiger partial charge in [0.15, 0.2) is 5.78 Å². The maximum Gasteiger partial charge on any atom is 0.353 e. The third-order valence-corrected chi connectivity index (χ3v) is 3.89. The Morgan fingerprint density at radius 1 is 1.41 bits per heavy atom. The van der Waals surface area contributed by atoms with Gasteiger partial charge in [-0.3, -0.25) is 4.79 Å². The lowest BCUT2D eigenvalue weighted by Crippen LogP contribution is -2.25. The van der Waals surface area contributed by atoms with E-state index in [1.807, 2.05) is 0 Å². The van der Waals surface area contributed by atoms with E-state index in [4.69, 9.17) is 27.9 Å². The van der Waals surface area contributed by atoms with Gasteiger partial charge in [0.2, 0.25) is 0 Å². The van der Waals surface area contributed by atoms with Crippen LogP contribution in [0.4, 0.5) is 4.39 Å². The topological polar surface area (TPSA) is 55.4 Å². The van der Waals surface area contributed by atoms with Crippen molar-refractivity contribution in [2.24, 2.45) is 5.92 Å². The van der Waals surface area contributed by atoms with Crippen LogP contribution in [0.2, 0.25) is 10.0 Å². The Balaban J connectivity index is 2.01. The molecule has 0 saturated heterocycles. The minimum atomic E-state index is -0.699. The summed E-state index contributed by atoms with van der Waals surface area (Å²) in [5, 5.41) is 2.80. The van der Waals surface area contributed by atoms with Crippen LogP contribution in [0.1, 0.15) is 23.7 Å². The lowest BCUT2D eigenvalue weighted by molar-refractivity contribution is -0.138. The van der Waals surface area contributed by atoms with Gasteiger partial charge in [0.1, 0.15) is 11.5 Å². The largest absolute Gasteiger partial charge is 0.461 e. The van der Waals surface area contributed by atoms with Crippen LogP contribution in [0.3, 0.4) is 0 Å². The minimum Gasteiger partial charge on any atom is -0.461 e. The molecule has 4 nitrogen and oxygen atoms in total. The van der Waals surface area contributed by atoms with Gasteiger partial charge in [-0.2, -0.15) is 0 Å². The average Bonchev–Trinajstić information content (AvgIpc) is 3.21. The van der Waals surface area contributed by atoms with Crippen molar-refractivity contribution in [1.29, 1.82) is 0 Å². The summed E-state index contributed by atoms with van der Waals surface area (Å²) in [4.78, 5) is 23.7. The van der Waals surface area contributed by atoms with Gasteiger partial charge >= 0.3 is 5.97 Å². The van der Waals surface area contributed by atoms with E-state index >= 15 is 0 Å². The number of esters is 1. The van der Waals surface area contributed by atoms with Gasteiger partial charge in [-0.05, 0) is 25.5 Å². The number of carbonyl (C=O) groups is 2. The molecule has 1 aromatic carbocycles. The lowest BCUT2D eigenvalue weighted by atomic mass is 10.1. The molecule has 1 saturated carbocycles. The van der Waals surface area contributed by atoms with Crippen molar-refractivity contribution in [3.63, 3.8) is 0 Å². The molecule has 22 heavy (non-hydrogen) atoms. The summed E-state index contributed by atoms with van der Waals surface area (Å²) in [5.41, 5.74) is 0.176. The molecule has 0 heterocycles. The second-order valence-corrected chi connectivity index (χ2v) is 5.72. The van der Waals surface area contributed by atoms with Crippen LogP contribution in [-0.4, -0.2) is 24.4 Å². The van der Waals surface area contributed by atoms with Crippen molar-refractivity contribution < 1.29 is 18.7 Å². The van der Waals surface area contributed by atoms with Crippen LogP contribution in [-0.2, 0) is 9.53 Å². The van der Waals surface area contributed by atoms with E-state index < -0.39 is 11.8 Å². The van der Waals surface area contributed by atoms with Crippen LogP contribution >= 0.6 is 23.2 Å². The summed E-state index contributed by atoms with van der Waals surface area (Å²) < 4.78 is 18.3. The number of hydrogen-bond donors (Lipinski definition) is 1. The number of rotatable bonds is 6. The second kappa shape index (κ2) is 6.67. The number of hydrogen-bond acceptors (Lipinski definition) is 4. The van der Waals surface area contributed by atoms with E-state index in [0.717, 1.165) is 6.07 Å². The predicted octanol–water partition coefficient (Wildman–Crippen LogP) is 3.37. The van der Waals surface area contributed by atoms with E-state index in [1.54, 1.807) is 6.92 Å². The van der Waals surface area contributed by atoms with Crippen LogP contribution < -0.4 is 5.32 Å². The Bertz CT molecular complexity index is 648. The Hall–Kier alpha value is -1.59. The zero-order chi connectivity index (χ0) is 16.4. The Kier molecular flexibility index (Phi) is 5.08. The highest BCUT2D eigenvalue weighted by atomic mass is 35.5. The molecule has 118 valence electrons. The first-order valence-corrected chi connectivity index (χ1v) is 7.42. The maximum atomic E-state index is 13.5. The number of nitrogens with one attached hydrogen (secondary N) is 1. The van der Waals surface area contributed by atoms with Crippen LogP contribution in [0.25, 0.3) is 0 Å². The molecule has 0 aromatic heterocycles. The van der Waals surface area contributed by atoms with E-state index in [9.17, 15) is 14.0 Å². The number of halogens is 3. The molecule has 1 N–H and O–H groups in total. The first-order valence-electron chi connectivity index (χ1n) is 6.66. The van der Waals surface area contributed by atoms with Crippen molar-refractivity contribution in [1.82, 2.24) is 5.32 Å². The Labute approximate surface area is 137 Å². The molecule has 1 aliphatic carbocycles. The molecule has 2 unspecified atom stereocenters.